The summed E-state index contributed by atoms with van der Waals surface area (Å²) >= 11 is 0. The number of hydrogen-bond donors (Lipinski definition) is 2. The fourth-order valence-electron chi connectivity index (χ4n) is 2.54. The quantitative estimate of drug-likeness (QED) is 0.829. The van der Waals surface area contributed by atoms with Crippen LogP contribution in [0.3, 0.4) is 0 Å². The predicted molar refractivity (Wildman–Crippen MR) is 60.8 cm³/mol. The van der Waals surface area contributed by atoms with Gasteiger partial charge in [0, 0.05) is 5.39 Å². The molecule has 0 atom stereocenters. The smallest absolute Gasteiger partial charge is 0.314 e. The number of rotatable bonds is 2. The molecule has 1 fully saturated rings. The van der Waals surface area contributed by atoms with Crippen molar-refractivity contribution >= 4 is 16.9 Å². The highest BCUT2D eigenvalue weighted by Crippen LogP contribution is 2.44. The van der Waals surface area contributed by atoms with Crippen LogP contribution in [-0.4, -0.2) is 22.3 Å². The van der Waals surface area contributed by atoms with Crippen LogP contribution in [0.1, 0.15) is 18.4 Å². The molecule has 4 nitrogen and oxygen atoms in total. The first-order valence-electron chi connectivity index (χ1n) is 5.51. The zero-order valence-electron chi connectivity index (χ0n) is 9.09. The van der Waals surface area contributed by atoms with E-state index in [1.54, 1.807) is 18.4 Å². The van der Waals surface area contributed by atoms with Crippen LogP contribution < -0.4 is 0 Å². The topological polar surface area (TPSA) is 70.7 Å². The number of aliphatic hydroxyl groups is 1. The normalized spacial score (nSPS) is 27.9. The summed E-state index contributed by atoms with van der Waals surface area (Å²) in [6.07, 6.45) is 1.64. The number of carboxylic acids is 1. The van der Waals surface area contributed by atoms with Gasteiger partial charge in [-0.05, 0) is 36.6 Å². The van der Waals surface area contributed by atoms with Gasteiger partial charge in [-0.1, -0.05) is 6.07 Å². The fourth-order valence-corrected chi connectivity index (χ4v) is 2.54. The van der Waals surface area contributed by atoms with Crippen molar-refractivity contribution in [2.75, 3.05) is 0 Å². The molecule has 2 aromatic rings. The van der Waals surface area contributed by atoms with Crippen LogP contribution in [0.2, 0.25) is 0 Å². The molecule has 3 rings (SSSR count). The van der Waals surface area contributed by atoms with Gasteiger partial charge in [0.1, 0.15) is 5.58 Å². The van der Waals surface area contributed by atoms with E-state index in [4.69, 9.17) is 4.42 Å². The second-order valence-electron chi connectivity index (χ2n) is 4.62. The highest BCUT2D eigenvalue weighted by atomic mass is 16.4. The second kappa shape index (κ2) is 3.34. The van der Waals surface area contributed by atoms with Gasteiger partial charge in [0.15, 0.2) is 0 Å². The lowest BCUT2D eigenvalue weighted by atomic mass is 9.62. The standard InChI is InChI=1S/C13H12O4/c14-10-6-13(7-10,12(15)16)9-1-2-11-8(5-9)3-4-17-11/h1-5,10,14H,6-7H2,(H,15,16). The van der Waals surface area contributed by atoms with Crippen LogP contribution in [-0.2, 0) is 10.2 Å². The Morgan fingerprint density at radius 1 is 1.35 bits per heavy atom. The Bertz CT molecular complexity index is 578. The first kappa shape index (κ1) is 10.4. The summed E-state index contributed by atoms with van der Waals surface area (Å²) in [7, 11) is 0. The molecule has 4 heteroatoms. The fraction of sp³-hybridized carbons (Fsp3) is 0.308. The Morgan fingerprint density at radius 2 is 2.12 bits per heavy atom. The van der Waals surface area contributed by atoms with E-state index in [0.717, 1.165) is 16.5 Å². The van der Waals surface area contributed by atoms with Crippen molar-refractivity contribution in [1.29, 1.82) is 0 Å². The number of carboxylic acid groups (broad SMARTS) is 1. The molecule has 1 aromatic carbocycles. The average Bonchev–Trinajstić information content (AvgIpc) is 2.70. The van der Waals surface area contributed by atoms with Gasteiger partial charge in [-0.15, -0.1) is 0 Å². The molecule has 1 aliphatic carbocycles. The van der Waals surface area contributed by atoms with E-state index in [1.807, 2.05) is 12.1 Å². The van der Waals surface area contributed by atoms with Gasteiger partial charge in [-0.3, -0.25) is 4.79 Å². The van der Waals surface area contributed by atoms with Crippen LogP contribution >= 0.6 is 0 Å². The van der Waals surface area contributed by atoms with E-state index in [0.29, 0.717) is 0 Å². The van der Waals surface area contributed by atoms with Crippen molar-refractivity contribution in [2.45, 2.75) is 24.4 Å². The molecular weight excluding hydrogens is 220 g/mol. The molecule has 0 radical (unpaired) electrons. The maximum Gasteiger partial charge on any atom is 0.314 e. The minimum Gasteiger partial charge on any atom is -0.481 e. The summed E-state index contributed by atoms with van der Waals surface area (Å²) in [5.74, 6) is -0.870. The maximum atomic E-state index is 11.4. The van der Waals surface area contributed by atoms with Crippen LogP contribution in [0.15, 0.2) is 34.9 Å². The van der Waals surface area contributed by atoms with Crippen LogP contribution in [0.5, 0.6) is 0 Å². The molecule has 1 aliphatic rings. The second-order valence-corrected chi connectivity index (χ2v) is 4.62. The molecule has 1 aromatic heterocycles. The number of furan rings is 1. The third kappa shape index (κ3) is 1.37. The lowest BCUT2D eigenvalue weighted by Crippen LogP contribution is -2.50. The molecule has 88 valence electrons. The molecule has 0 spiro atoms. The van der Waals surface area contributed by atoms with E-state index in [2.05, 4.69) is 0 Å². The van der Waals surface area contributed by atoms with Gasteiger partial charge < -0.3 is 14.6 Å². The molecule has 1 saturated carbocycles. The summed E-state index contributed by atoms with van der Waals surface area (Å²) in [4.78, 5) is 11.4. The summed E-state index contributed by atoms with van der Waals surface area (Å²) in [5.41, 5.74) is 0.559. The lowest BCUT2D eigenvalue weighted by Gasteiger charge is -2.42. The molecular formula is C13H12O4. The van der Waals surface area contributed by atoms with E-state index in [1.165, 1.54) is 0 Å². The minimum absolute atomic E-state index is 0.283. The number of aliphatic hydroxyl groups excluding tert-OH is 1. The summed E-state index contributed by atoms with van der Waals surface area (Å²) in [6.45, 7) is 0. The Hall–Kier alpha value is -1.81. The van der Waals surface area contributed by atoms with Crippen molar-refractivity contribution in [3.63, 3.8) is 0 Å². The molecule has 0 unspecified atom stereocenters. The highest BCUT2D eigenvalue weighted by molar-refractivity contribution is 5.86. The number of hydrogen-bond acceptors (Lipinski definition) is 3. The zero-order valence-corrected chi connectivity index (χ0v) is 9.09. The van der Waals surface area contributed by atoms with Crippen molar-refractivity contribution in [3.05, 3.63) is 36.1 Å². The van der Waals surface area contributed by atoms with E-state index >= 15 is 0 Å². The number of carbonyl (C=O) groups is 1. The molecule has 0 aliphatic heterocycles. The van der Waals surface area contributed by atoms with E-state index in [9.17, 15) is 15.0 Å². The molecule has 0 saturated heterocycles. The van der Waals surface area contributed by atoms with Crippen molar-refractivity contribution in [1.82, 2.24) is 0 Å². The third-order valence-electron chi connectivity index (χ3n) is 3.58. The molecule has 0 amide bonds. The van der Waals surface area contributed by atoms with Gasteiger partial charge in [0.2, 0.25) is 0 Å². The average molecular weight is 232 g/mol. The van der Waals surface area contributed by atoms with E-state index in [-0.39, 0.29) is 12.8 Å². The van der Waals surface area contributed by atoms with Crippen LogP contribution in [0, 0.1) is 0 Å². The third-order valence-corrected chi connectivity index (χ3v) is 3.58. The predicted octanol–water partition coefficient (Wildman–Crippen LogP) is 1.91. The van der Waals surface area contributed by atoms with Gasteiger partial charge in [0.25, 0.3) is 0 Å². The van der Waals surface area contributed by atoms with E-state index < -0.39 is 17.5 Å². The van der Waals surface area contributed by atoms with Crippen LogP contribution in [0.4, 0.5) is 0 Å². The zero-order chi connectivity index (χ0) is 12.0. The van der Waals surface area contributed by atoms with Gasteiger partial charge in [-0.2, -0.15) is 0 Å². The monoisotopic (exact) mass is 232 g/mol. The Labute approximate surface area is 97.5 Å². The molecule has 1 heterocycles. The van der Waals surface area contributed by atoms with Crippen LogP contribution in [0.25, 0.3) is 11.0 Å². The van der Waals surface area contributed by atoms with Crippen molar-refractivity contribution < 1.29 is 19.4 Å². The highest BCUT2D eigenvalue weighted by Gasteiger charge is 2.51. The van der Waals surface area contributed by atoms with Gasteiger partial charge >= 0.3 is 5.97 Å². The van der Waals surface area contributed by atoms with Crippen molar-refractivity contribution in [3.8, 4) is 0 Å². The Kier molecular flexibility index (Phi) is 2.03. The Balaban J connectivity index is 2.09. The lowest BCUT2D eigenvalue weighted by molar-refractivity contribution is -0.152. The summed E-state index contributed by atoms with van der Waals surface area (Å²) < 4.78 is 5.22. The SMILES string of the molecule is O=C(O)C1(c2ccc3occc3c2)CC(O)C1. The van der Waals surface area contributed by atoms with Gasteiger partial charge in [-0.25, -0.2) is 0 Å². The summed E-state index contributed by atoms with van der Waals surface area (Å²) in [5, 5.41) is 19.6. The molecule has 0 bridgehead atoms. The first-order chi connectivity index (χ1) is 8.12. The number of aliphatic carboxylic acids is 1. The van der Waals surface area contributed by atoms with Gasteiger partial charge in [0.05, 0.1) is 17.8 Å². The molecule has 2 N–H and O–H groups in total. The largest absolute Gasteiger partial charge is 0.481 e. The number of benzene rings is 1. The maximum absolute atomic E-state index is 11.4. The minimum atomic E-state index is -0.926. The molecule has 17 heavy (non-hydrogen) atoms. The summed E-state index contributed by atoms with van der Waals surface area (Å²) in [6, 6.07) is 7.19. The van der Waals surface area contributed by atoms with Crippen molar-refractivity contribution in [2.24, 2.45) is 0 Å². The number of fused-ring (bicyclic) bond motifs is 1. The Morgan fingerprint density at radius 3 is 2.76 bits per heavy atom. The first-order valence-corrected chi connectivity index (χ1v) is 5.51.